The van der Waals surface area contributed by atoms with Gasteiger partial charge in [-0.25, -0.2) is 0 Å². The molecule has 7 heteroatoms. The minimum atomic E-state index is 0. The molecule has 2 rings (SSSR count). The summed E-state index contributed by atoms with van der Waals surface area (Å²) in [5.41, 5.74) is 2.63. The van der Waals surface area contributed by atoms with Crippen LogP contribution in [-0.4, -0.2) is 63.5 Å². The molecule has 29 heavy (non-hydrogen) atoms. The SMILES string of the molecule is CCN(CC)Cc1cccc(CNC(=NC)NCCCOCC2CCCO2)c1.I. The number of ether oxygens (including phenoxy) is 2. The largest absolute Gasteiger partial charge is 0.379 e. The molecule has 166 valence electrons. The van der Waals surface area contributed by atoms with Gasteiger partial charge in [-0.2, -0.15) is 0 Å². The molecule has 0 amide bonds. The molecule has 1 saturated heterocycles. The first-order valence-electron chi connectivity index (χ1n) is 10.7. The molecule has 0 radical (unpaired) electrons. The Bertz CT molecular complexity index is 576. The van der Waals surface area contributed by atoms with Gasteiger partial charge in [0.05, 0.1) is 12.7 Å². The fourth-order valence-corrected chi connectivity index (χ4v) is 3.32. The van der Waals surface area contributed by atoms with Crippen LogP contribution in [0.25, 0.3) is 0 Å². The second-order valence-electron chi connectivity index (χ2n) is 7.20. The molecule has 1 aliphatic heterocycles. The number of aliphatic imine (C=N–C) groups is 1. The van der Waals surface area contributed by atoms with Crippen LogP contribution < -0.4 is 10.6 Å². The van der Waals surface area contributed by atoms with E-state index in [2.05, 4.69) is 58.6 Å². The van der Waals surface area contributed by atoms with E-state index in [1.165, 1.54) is 11.1 Å². The van der Waals surface area contributed by atoms with Crippen molar-refractivity contribution in [3.05, 3.63) is 35.4 Å². The normalized spacial score (nSPS) is 16.7. The van der Waals surface area contributed by atoms with E-state index < -0.39 is 0 Å². The van der Waals surface area contributed by atoms with E-state index in [9.17, 15) is 0 Å². The lowest BCUT2D eigenvalue weighted by molar-refractivity contribution is 0.0168. The summed E-state index contributed by atoms with van der Waals surface area (Å²) in [6.45, 7) is 11.5. The minimum absolute atomic E-state index is 0. The second kappa shape index (κ2) is 15.9. The van der Waals surface area contributed by atoms with E-state index in [4.69, 9.17) is 9.47 Å². The van der Waals surface area contributed by atoms with Gasteiger partial charge in [0, 0.05) is 39.9 Å². The summed E-state index contributed by atoms with van der Waals surface area (Å²) in [6, 6.07) is 8.77. The Balaban J connectivity index is 0.00000420. The van der Waals surface area contributed by atoms with Crippen molar-refractivity contribution in [3.63, 3.8) is 0 Å². The van der Waals surface area contributed by atoms with Gasteiger partial charge in [0.25, 0.3) is 0 Å². The maximum absolute atomic E-state index is 5.70. The smallest absolute Gasteiger partial charge is 0.191 e. The first-order chi connectivity index (χ1) is 13.7. The van der Waals surface area contributed by atoms with E-state index in [1.54, 1.807) is 7.05 Å². The van der Waals surface area contributed by atoms with Gasteiger partial charge in [-0.3, -0.25) is 9.89 Å². The van der Waals surface area contributed by atoms with Gasteiger partial charge < -0.3 is 20.1 Å². The van der Waals surface area contributed by atoms with Gasteiger partial charge in [-0.1, -0.05) is 38.1 Å². The van der Waals surface area contributed by atoms with E-state index in [1.807, 2.05) is 0 Å². The van der Waals surface area contributed by atoms with Gasteiger partial charge >= 0.3 is 0 Å². The Kier molecular flexibility index (Phi) is 14.3. The van der Waals surface area contributed by atoms with Crippen molar-refractivity contribution < 1.29 is 9.47 Å². The first-order valence-corrected chi connectivity index (χ1v) is 10.7. The van der Waals surface area contributed by atoms with E-state index in [-0.39, 0.29) is 24.0 Å². The van der Waals surface area contributed by atoms with Crippen LogP contribution in [0.15, 0.2) is 29.3 Å². The lowest BCUT2D eigenvalue weighted by Crippen LogP contribution is -2.37. The molecular weight excluding hydrogens is 479 g/mol. The topological polar surface area (TPSA) is 58.1 Å². The number of benzene rings is 1. The molecule has 1 aromatic rings. The van der Waals surface area contributed by atoms with E-state index in [0.717, 1.165) is 77.8 Å². The molecule has 1 aliphatic rings. The standard InChI is InChI=1S/C22H38N4O2.HI/c1-4-26(5-2)17-20-10-6-9-19(15-20)16-25-22(23-3)24-12-8-13-27-18-21-11-7-14-28-21;/h6,9-10,15,21H,4-5,7-8,11-14,16-18H2,1-3H3,(H2,23,24,25);1H. The van der Waals surface area contributed by atoms with Crippen LogP contribution in [0.4, 0.5) is 0 Å². The number of halogens is 1. The molecule has 1 atom stereocenters. The Labute approximate surface area is 193 Å². The average Bonchev–Trinajstić information content (AvgIpc) is 3.24. The number of nitrogens with one attached hydrogen (secondary N) is 2. The lowest BCUT2D eigenvalue weighted by atomic mass is 10.1. The molecule has 0 spiro atoms. The van der Waals surface area contributed by atoms with E-state index >= 15 is 0 Å². The van der Waals surface area contributed by atoms with Gasteiger partial charge in [0.1, 0.15) is 0 Å². The predicted octanol–water partition coefficient (Wildman–Crippen LogP) is 3.40. The summed E-state index contributed by atoms with van der Waals surface area (Å²) >= 11 is 0. The molecule has 1 unspecified atom stereocenters. The number of hydrogen-bond donors (Lipinski definition) is 2. The molecule has 0 aliphatic carbocycles. The number of nitrogens with zero attached hydrogens (tertiary/aromatic N) is 2. The van der Waals surface area contributed by atoms with Gasteiger partial charge in [0.2, 0.25) is 0 Å². The van der Waals surface area contributed by atoms with Crippen LogP contribution in [-0.2, 0) is 22.6 Å². The highest BCUT2D eigenvalue weighted by atomic mass is 127. The zero-order valence-electron chi connectivity index (χ0n) is 18.3. The van der Waals surface area contributed by atoms with Crippen LogP contribution in [0.5, 0.6) is 0 Å². The number of rotatable bonds is 12. The zero-order chi connectivity index (χ0) is 20.0. The van der Waals surface area contributed by atoms with Crippen LogP contribution in [0.1, 0.15) is 44.2 Å². The quantitative estimate of drug-likeness (QED) is 0.192. The van der Waals surface area contributed by atoms with Crippen molar-refractivity contribution in [1.82, 2.24) is 15.5 Å². The van der Waals surface area contributed by atoms with Gasteiger partial charge in [-0.15, -0.1) is 24.0 Å². The van der Waals surface area contributed by atoms with Crippen molar-refractivity contribution in [2.24, 2.45) is 4.99 Å². The molecule has 6 nitrogen and oxygen atoms in total. The maximum atomic E-state index is 5.70. The summed E-state index contributed by atoms with van der Waals surface area (Å²) < 4.78 is 11.3. The van der Waals surface area contributed by atoms with Crippen molar-refractivity contribution in [2.45, 2.75) is 52.3 Å². The van der Waals surface area contributed by atoms with Gasteiger partial charge in [-0.05, 0) is 43.5 Å². The summed E-state index contributed by atoms with van der Waals surface area (Å²) in [6.07, 6.45) is 3.55. The van der Waals surface area contributed by atoms with Crippen molar-refractivity contribution in [1.29, 1.82) is 0 Å². The third kappa shape index (κ3) is 10.6. The minimum Gasteiger partial charge on any atom is -0.379 e. The Morgan fingerprint density at radius 1 is 1.24 bits per heavy atom. The summed E-state index contributed by atoms with van der Waals surface area (Å²) in [5.74, 6) is 0.827. The maximum Gasteiger partial charge on any atom is 0.191 e. The second-order valence-corrected chi connectivity index (χ2v) is 7.20. The molecule has 0 saturated carbocycles. The Hall–Kier alpha value is -0.900. The van der Waals surface area contributed by atoms with E-state index in [0.29, 0.717) is 6.10 Å². The van der Waals surface area contributed by atoms with Crippen LogP contribution in [0.2, 0.25) is 0 Å². The van der Waals surface area contributed by atoms with Crippen molar-refractivity contribution in [3.8, 4) is 0 Å². The molecule has 2 N–H and O–H groups in total. The number of hydrogen-bond acceptors (Lipinski definition) is 4. The molecule has 1 heterocycles. The average molecular weight is 518 g/mol. The van der Waals surface area contributed by atoms with Crippen molar-refractivity contribution in [2.75, 3.05) is 46.5 Å². The predicted molar refractivity (Wildman–Crippen MR) is 131 cm³/mol. The van der Waals surface area contributed by atoms with Gasteiger partial charge in [0.15, 0.2) is 5.96 Å². The van der Waals surface area contributed by atoms with Crippen molar-refractivity contribution >= 4 is 29.9 Å². The lowest BCUT2D eigenvalue weighted by Gasteiger charge is -2.18. The first kappa shape index (κ1) is 26.1. The third-order valence-electron chi connectivity index (χ3n) is 5.06. The molecule has 0 bridgehead atoms. The zero-order valence-corrected chi connectivity index (χ0v) is 20.6. The Morgan fingerprint density at radius 3 is 2.72 bits per heavy atom. The fourth-order valence-electron chi connectivity index (χ4n) is 3.32. The third-order valence-corrected chi connectivity index (χ3v) is 5.06. The Morgan fingerprint density at radius 2 is 2.03 bits per heavy atom. The highest BCUT2D eigenvalue weighted by Crippen LogP contribution is 2.12. The summed E-state index contributed by atoms with van der Waals surface area (Å²) in [5, 5.41) is 6.75. The number of guanidine groups is 1. The molecule has 1 fully saturated rings. The molecule has 1 aromatic carbocycles. The van der Waals surface area contributed by atoms with Crippen LogP contribution >= 0.6 is 24.0 Å². The molecule has 0 aromatic heterocycles. The highest BCUT2D eigenvalue weighted by molar-refractivity contribution is 14.0. The summed E-state index contributed by atoms with van der Waals surface area (Å²) in [7, 11) is 1.81. The highest BCUT2D eigenvalue weighted by Gasteiger charge is 2.14. The monoisotopic (exact) mass is 518 g/mol. The van der Waals surface area contributed by atoms with Crippen LogP contribution in [0.3, 0.4) is 0 Å². The summed E-state index contributed by atoms with van der Waals surface area (Å²) in [4.78, 5) is 6.73. The van der Waals surface area contributed by atoms with Crippen LogP contribution in [0, 0.1) is 0 Å². The molecular formula is C22H39IN4O2. The fraction of sp³-hybridized carbons (Fsp3) is 0.682.